The van der Waals surface area contributed by atoms with Crippen LogP contribution >= 0.6 is 0 Å². The molecule has 5 nitrogen and oxygen atoms in total. The van der Waals surface area contributed by atoms with E-state index in [9.17, 15) is 0 Å². The van der Waals surface area contributed by atoms with Crippen molar-refractivity contribution in [1.29, 1.82) is 0 Å². The fourth-order valence-electron chi connectivity index (χ4n) is 8.11. The van der Waals surface area contributed by atoms with Gasteiger partial charge in [-0.1, -0.05) is 96.8 Å². The first-order valence-corrected chi connectivity index (χ1v) is 25.0. The van der Waals surface area contributed by atoms with Gasteiger partial charge in [-0.2, -0.15) is 0 Å². The zero-order valence-electron chi connectivity index (χ0n) is 35.4. The van der Waals surface area contributed by atoms with Crippen LogP contribution in [0.2, 0.25) is 35.3 Å². The molecule has 0 saturated carbocycles. The number of aryl methyl sites for hydroxylation is 6. The van der Waals surface area contributed by atoms with Gasteiger partial charge >= 0.3 is 0 Å². The minimum Gasteiger partial charge on any atom is -0.417 e. The first kappa shape index (κ1) is 43.7. The number of nitrogens with zero attached hydrogens (tertiary/aromatic N) is 3. The lowest BCUT2D eigenvalue weighted by atomic mass is 10.0. The van der Waals surface area contributed by atoms with E-state index in [1.54, 1.807) is 0 Å². The molecule has 0 aliphatic rings. The van der Waals surface area contributed by atoms with E-state index < -0.39 is 16.6 Å². The highest BCUT2D eigenvalue weighted by Crippen LogP contribution is 2.33. The Hall–Kier alpha value is -2.72. The van der Waals surface area contributed by atoms with Crippen molar-refractivity contribution in [3.05, 3.63) is 87.2 Å². The maximum absolute atomic E-state index is 6.79. The molecular weight excluding hydrogens is 671 g/mol. The summed E-state index contributed by atoms with van der Waals surface area (Å²) < 4.78 is 13.6. The van der Waals surface area contributed by atoms with Crippen LogP contribution in [0.3, 0.4) is 0 Å². The minimum atomic E-state index is -1.76. The summed E-state index contributed by atoms with van der Waals surface area (Å²) in [6.45, 7) is 33.1. The molecule has 0 fully saturated rings. The van der Waals surface area contributed by atoms with Crippen LogP contribution in [-0.4, -0.2) is 46.3 Å². The molecule has 286 valence electrons. The van der Waals surface area contributed by atoms with Crippen LogP contribution in [0.5, 0.6) is 0 Å². The highest BCUT2D eigenvalue weighted by atomic mass is 28.4. The van der Waals surface area contributed by atoms with Crippen molar-refractivity contribution in [1.82, 2.24) is 4.98 Å². The second kappa shape index (κ2) is 20.1. The molecule has 0 aliphatic heterocycles. The zero-order chi connectivity index (χ0) is 38.6. The van der Waals surface area contributed by atoms with Crippen LogP contribution in [0.4, 0.5) is 11.4 Å². The Labute approximate surface area is 320 Å². The normalized spacial score (nSPS) is 13.2. The maximum atomic E-state index is 6.79. The quantitative estimate of drug-likeness (QED) is 0.0658. The Balaban J connectivity index is 2.07. The van der Waals surface area contributed by atoms with Gasteiger partial charge in [0.05, 0.1) is 34.2 Å². The van der Waals surface area contributed by atoms with Gasteiger partial charge < -0.3 is 8.85 Å². The Bertz CT molecular complexity index is 1500. The van der Waals surface area contributed by atoms with Gasteiger partial charge in [0.1, 0.15) is 0 Å². The van der Waals surface area contributed by atoms with E-state index in [0.29, 0.717) is 11.1 Å². The monoisotopic (exact) mass is 742 g/mol. The summed E-state index contributed by atoms with van der Waals surface area (Å²) in [4.78, 5) is 16.2. The third-order valence-electron chi connectivity index (χ3n) is 11.5. The summed E-state index contributed by atoms with van der Waals surface area (Å²) in [6, 6.07) is 19.9. The lowest BCUT2D eigenvalue weighted by Gasteiger charge is -2.33. The molecule has 2 aromatic carbocycles. The average molecular weight is 742 g/mol. The van der Waals surface area contributed by atoms with Crippen LogP contribution in [0.25, 0.3) is 0 Å². The zero-order valence-corrected chi connectivity index (χ0v) is 37.4. The molecule has 52 heavy (non-hydrogen) atoms. The van der Waals surface area contributed by atoms with Crippen LogP contribution < -0.4 is 0 Å². The number of hydrogen-bond acceptors (Lipinski definition) is 5. The predicted molar refractivity (Wildman–Crippen MR) is 232 cm³/mol. The highest BCUT2D eigenvalue weighted by molar-refractivity contribution is 6.75. The predicted octanol–water partition coefficient (Wildman–Crippen LogP) is 13.6. The van der Waals surface area contributed by atoms with Gasteiger partial charge in [-0.3, -0.25) is 9.98 Å². The van der Waals surface area contributed by atoms with Gasteiger partial charge in [0.15, 0.2) is 16.6 Å². The van der Waals surface area contributed by atoms with Gasteiger partial charge in [-0.15, -0.1) is 0 Å². The van der Waals surface area contributed by atoms with Crippen molar-refractivity contribution in [2.24, 2.45) is 9.98 Å². The molecule has 0 atom stereocenters. The van der Waals surface area contributed by atoms with E-state index >= 15 is 0 Å². The summed E-state index contributed by atoms with van der Waals surface area (Å²) in [7, 11) is -3.53. The van der Waals surface area contributed by atoms with E-state index in [0.717, 1.165) is 97.3 Å². The summed E-state index contributed by atoms with van der Waals surface area (Å²) in [5.74, 6) is 0. The molecule has 7 heteroatoms. The molecule has 0 saturated heterocycles. The first-order chi connectivity index (χ1) is 24.6. The van der Waals surface area contributed by atoms with Crippen LogP contribution in [0.1, 0.15) is 126 Å². The average Bonchev–Trinajstić information content (AvgIpc) is 3.09. The van der Waals surface area contributed by atoms with Crippen molar-refractivity contribution in [3.8, 4) is 0 Å². The van der Waals surface area contributed by atoms with Gasteiger partial charge in [0.25, 0.3) is 0 Å². The number of benzene rings is 2. The SMILES string of the molecule is CC[Si](CC)(OCCCC(=Nc1c(C)cc(C)cc1C)c1cccc(C(CCCO[Si](CC)(CC)C(C)C)=Nc2c(C)cc(C)cc2C)n1)C(C)C. The number of aromatic nitrogens is 1. The second-order valence-corrected chi connectivity index (χ2v) is 25.8. The largest absolute Gasteiger partial charge is 0.417 e. The number of aliphatic imine (C=N–C) groups is 2. The highest BCUT2D eigenvalue weighted by Gasteiger charge is 2.35. The molecule has 0 amide bonds. The Morgan fingerprint density at radius 2 is 0.904 bits per heavy atom. The summed E-state index contributed by atoms with van der Waals surface area (Å²) in [5.41, 5.74) is 14.4. The van der Waals surface area contributed by atoms with Gasteiger partial charge in [0, 0.05) is 13.2 Å². The number of rotatable bonds is 20. The molecule has 0 aliphatic carbocycles. The molecule has 3 aromatic rings. The van der Waals surface area contributed by atoms with Crippen LogP contribution in [0, 0.1) is 41.5 Å². The second-order valence-electron chi connectivity index (χ2n) is 15.8. The van der Waals surface area contributed by atoms with Crippen LogP contribution in [0.15, 0.2) is 52.4 Å². The number of hydrogen-bond donors (Lipinski definition) is 0. The van der Waals surface area contributed by atoms with E-state index in [-0.39, 0.29) is 0 Å². The molecular formula is C45H71N3O2Si2. The molecule has 1 aromatic heterocycles. The van der Waals surface area contributed by atoms with Crippen molar-refractivity contribution < 1.29 is 8.85 Å². The topological polar surface area (TPSA) is 56.1 Å². The van der Waals surface area contributed by atoms with E-state index in [4.69, 9.17) is 23.8 Å². The minimum absolute atomic E-state index is 0.601. The molecule has 0 unspecified atom stereocenters. The lowest BCUT2D eigenvalue weighted by molar-refractivity contribution is 0.289. The first-order valence-electron chi connectivity index (χ1n) is 20.2. The molecule has 0 spiro atoms. The molecule has 0 bridgehead atoms. The third-order valence-corrected chi connectivity index (χ3v) is 22.1. The fraction of sp³-hybridized carbons (Fsp3) is 0.578. The Morgan fingerprint density at radius 3 is 1.19 bits per heavy atom. The van der Waals surface area contributed by atoms with E-state index in [1.807, 2.05) is 0 Å². The Morgan fingerprint density at radius 1 is 0.577 bits per heavy atom. The van der Waals surface area contributed by atoms with Crippen molar-refractivity contribution >= 4 is 39.4 Å². The Kier molecular flexibility index (Phi) is 16.9. The maximum Gasteiger partial charge on any atom is 0.194 e. The summed E-state index contributed by atoms with van der Waals surface area (Å²) in [5, 5.41) is 0. The van der Waals surface area contributed by atoms with Crippen molar-refractivity contribution in [3.63, 3.8) is 0 Å². The van der Waals surface area contributed by atoms with E-state index in [2.05, 4.69) is 139 Å². The van der Waals surface area contributed by atoms with Crippen molar-refractivity contribution in [2.75, 3.05) is 13.2 Å². The molecule has 0 radical (unpaired) electrons. The lowest BCUT2D eigenvalue weighted by Crippen LogP contribution is -2.40. The van der Waals surface area contributed by atoms with Gasteiger partial charge in [0.2, 0.25) is 0 Å². The third kappa shape index (κ3) is 11.2. The standard InChI is InChI=1S/C45H71N3O2Si2/c1-15-51(16-2,32(5)6)49-26-20-24-42(47-44-36(11)28-34(9)29-37(44)12)40-22-19-23-41(46-40)43(48-45-38(13)30-35(10)31-39(45)14)25-21-27-50-52(17-3,18-4)33(7)8/h19,22-23,28-33H,15-18,20-21,24-27H2,1-14H3. The summed E-state index contributed by atoms with van der Waals surface area (Å²) in [6.07, 6.45) is 3.41. The van der Waals surface area contributed by atoms with Crippen LogP contribution in [-0.2, 0) is 8.85 Å². The summed E-state index contributed by atoms with van der Waals surface area (Å²) >= 11 is 0. The molecule has 0 N–H and O–H groups in total. The van der Waals surface area contributed by atoms with E-state index in [1.165, 1.54) is 33.4 Å². The molecule has 1 heterocycles. The fourth-order valence-corrected chi connectivity index (χ4v) is 15.0. The van der Waals surface area contributed by atoms with Gasteiger partial charge in [-0.25, -0.2) is 4.98 Å². The molecule has 3 rings (SSSR count). The van der Waals surface area contributed by atoms with Crippen molar-refractivity contribution in [2.45, 2.75) is 158 Å². The number of pyridine rings is 1. The smallest absolute Gasteiger partial charge is 0.194 e. The van der Waals surface area contributed by atoms with Gasteiger partial charge in [-0.05, 0) is 137 Å².